The number of likely N-dealkylation sites (N-methyl/N-ethyl adjacent to an activating group) is 1. The Morgan fingerprint density at radius 1 is 0.960 bits per heavy atom. The monoisotopic (exact) mass is 427 g/mol. The topological polar surface area (TPSA) is 55.8 Å². The normalized spacial score (nSPS) is 11.5. The van der Waals surface area contributed by atoms with Gasteiger partial charge in [-0.1, -0.05) is 15.9 Å². The van der Waals surface area contributed by atoms with E-state index in [0.29, 0.717) is 24.6 Å². The van der Waals surface area contributed by atoms with Gasteiger partial charge in [0.1, 0.15) is 18.1 Å². The van der Waals surface area contributed by atoms with Gasteiger partial charge in [-0.3, -0.25) is 0 Å². The molecule has 0 amide bonds. The number of methoxy groups -OCH3 is 1. The molecule has 2 rings (SSSR count). The Morgan fingerprint density at radius 3 is 2.16 bits per heavy atom. The minimum Gasteiger partial charge on any atom is -0.497 e. The smallest absolute Gasteiger partial charge is 0.179 e. The summed E-state index contributed by atoms with van der Waals surface area (Å²) in [6.45, 7) is 1.58. The zero-order chi connectivity index (χ0) is 18.3. The first-order valence-corrected chi connectivity index (χ1v) is 10.3. The Kier molecular flexibility index (Phi) is 7.28. The highest BCUT2D eigenvalue weighted by atomic mass is 79.9. The van der Waals surface area contributed by atoms with Crippen LogP contribution in [-0.4, -0.2) is 52.9 Å². The maximum Gasteiger partial charge on any atom is 0.179 e. The zero-order valence-corrected chi connectivity index (χ0v) is 16.7. The van der Waals surface area contributed by atoms with E-state index >= 15 is 0 Å². The average Bonchev–Trinajstić information content (AvgIpc) is 2.61. The first-order valence-electron chi connectivity index (χ1n) is 7.84. The molecule has 2 aromatic rings. The second-order valence-electron chi connectivity index (χ2n) is 5.60. The lowest BCUT2D eigenvalue weighted by Crippen LogP contribution is -2.29. The molecule has 0 spiro atoms. The number of benzene rings is 2. The van der Waals surface area contributed by atoms with Crippen LogP contribution < -0.4 is 9.47 Å². The van der Waals surface area contributed by atoms with E-state index in [1.54, 1.807) is 31.4 Å². The quantitative estimate of drug-likeness (QED) is 0.614. The Labute approximate surface area is 157 Å². The van der Waals surface area contributed by atoms with Crippen molar-refractivity contribution in [1.29, 1.82) is 0 Å². The fraction of sp³-hybridized carbons (Fsp3) is 0.333. The van der Waals surface area contributed by atoms with Gasteiger partial charge in [-0.15, -0.1) is 0 Å². The third-order valence-corrected chi connectivity index (χ3v) is 5.95. The van der Waals surface area contributed by atoms with Crippen LogP contribution in [0.25, 0.3) is 0 Å². The highest BCUT2D eigenvalue weighted by Crippen LogP contribution is 2.17. The van der Waals surface area contributed by atoms with Crippen LogP contribution in [0.2, 0.25) is 0 Å². The van der Waals surface area contributed by atoms with E-state index in [9.17, 15) is 8.42 Å². The van der Waals surface area contributed by atoms with E-state index in [1.165, 1.54) is 0 Å². The van der Waals surface area contributed by atoms with E-state index in [4.69, 9.17) is 9.47 Å². The predicted octanol–water partition coefficient (Wildman–Crippen LogP) is 3.24. The molecule has 0 aliphatic carbocycles. The van der Waals surface area contributed by atoms with E-state index in [-0.39, 0.29) is 5.75 Å². The maximum absolute atomic E-state index is 12.3. The number of ether oxygens (including phenoxy) is 2. The van der Waals surface area contributed by atoms with E-state index in [1.807, 2.05) is 36.2 Å². The molecule has 0 radical (unpaired) electrons. The number of halogens is 1. The van der Waals surface area contributed by atoms with Crippen molar-refractivity contribution in [3.63, 3.8) is 0 Å². The van der Waals surface area contributed by atoms with Gasteiger partial charge in [0, 0.05) is 17.6 Å². The molecule has 0 saturated heterocycles. The minimum atomic E-state index is -3.27. The Bertz CT molecular complexity index is 761. The molecule has 0 aliphatic heterocycles. The molecule has 0 fully saturated rings. The van der Waals surface area contributed by atoms with E-state index in [0.717, 1.165) is 16.0 Å². The number of rotatable bonds is 9. The molecule has 0 bridgehead atoms. The number of nitrogens with zero attached hydrogens (tertiary/aromatic N) is 1. The van der Waals surface area contributed by atoms with Crippen LogP contribution in [0.15, 0.2) is 57.9 Å². The van der Waals surface area contributed by atoms with E-state index < -0.39 is 9.84 Å². The lowest BCUT2D eigenvalue weighted by atomic mass is 10.3. The zero-order valence-electron chi connectivity index (χ0n) is 14.3. The van der Waals surface area contributed by atoms with Crippen LogP contribution in [0.5, 0.6) is 11.5 Å². The SMILES string of the molecule is COc1ccc(OCCN(C)CCS(=O)(=O)c2ccc(Br)cc2)cc1. The summed E-state index contributed by atoms with van der Waals surface area (Å²) in [7, 11) is 0.227. The molecule has 25 heavy (non-hydrogen) atoms. The van der Waals surface area contributed by atoms with Gasteiger partial charge in [-0.05, 0) is 55.6 Å². The summed E-state index contributed by atoms with van der Waals surface area (Å²) in [6, 6.07) is 14.1. The van der Waals surface area contributed by atoms with E-state index in [2.05, 4.69) is 15.9 Å². The van der Waals surface area contributed by atoms with Crippen molar-refractivity contribution >= 4 is 25.8 Å². The summed E-state index contributed by atoms with van der Waals surface area (Å²) < 4.78 is 36.2. The van der Waals surface area contributed by atoms with Crippen LogP contribution in [0.4, 0.5) is 0 Å². The van der Waals surface area contributed by atoms with Gasteiger partial charge in [0.05, 0.1) is 17.8 Å². The Hall–Kier alpha value is -1.57. The van der Waals surface area contributed by atoms with Gasteiger partial charge in [0.15, 0.2) is 9.84 Å². The Morgan fingerprint density at radius 2 is 1.56 bits per heavy atom. The van der Waals surface area contributed by atoms with Crippen LogP contribution >= 0.6 is 15.9 Å². The third-order valence-electron chi connectivity index (χ3n) is 3.72. The number of hydrogen-bond acceptors (Lipinski definition) is 5. The van der Waals surface area contributed by atoms with Crippen molar-refractivity contribution < 1.29 is 17.9 Å². The van der Waals surface area contributed by atoms with Crippen LogP contribution in [-0.2, 0) is 9.84 Å². The van der Waals surface area contributed by atoms with Crippen LogP contribution in [0.1, 0.15) is 0 Å². The summed E-state index contributed by atoms with van der Waals surface area (Å²) in [4.78, 5) is 2.29. The molecule has 0 atom stereocenters. The fourth-order valence-corrected chi connectivity index (χ4v) is 3.74. The summed E-state index contributed by atoms with van der Waals surface area (Å²) in [5.74, 6) is 1.62. The van der Waals surface area contributed by atoms with Crippen LogP contribution in [0.3, 0.4) is 0 Å². The molecule has 0 saturated carbocycles. The largest absolute Gasteiger partial charge is 0.497 e. The summed E-state index contributed by atoms with van der Waals surface area (Å²) in [5, 5.41) is 0. The van der Waals surface area contributed by atoms with Gasteiger partial charge in [-0.25, -0.2) is 8.42 Å². The molecule has 5 nitrogen and oxygen atoms in total. The summed E-state index contributed by atoms with van der Waals surface area (Å²) in [6.07, 6.45) is 0. The van der Waals surface area contributed by atoms with Crippen molar-refractivity contribution in [3.05, 3.63) is 53.0 Å². The number of hydrogen-bond donors (Lipinski definition) is 0. The fourth-order valence-electron chi connectivity index (χ4n) is 2.14. The standard InChI is InChI=1S/C18H22BrNO4S/c1-20(11-13-24-17-7-5-16(23-2)6-8-17)12-14-25(21,22)18-9-3-15(19)4-10-18/h3-10H,11-14H2,1-2H3. The van der Waals surface area contributed by atoms with Crippen molar-refractivity contribution in [1.82, 2.24) is 4.90 Å². The molecule has 2 aromatic carbocycles. The van der Waals surface area contributed by atoms with Crippen molar-refractivity contribution in [2.24, 2.45) is 0 Å². The highest BCUT2D eigenvalue weighted by Gasteiger charge is 2.15. The lowest BCUT2D eigenvalue weighted by molar-refractivity contribution is 0.244. The second kappa shape index (κ2) is 9.22. The first kappa shape index (κ1) is 19.8. The van der Waals surface area contributed by atoms with Gasteiger partial charge in [0.25, 0.3) is 0 Å². The van der Waals surface area contributed by atoms with Crippen molar-refractivity contribution in [2.45, 2.75) is 4.90 Å². The average molecular weight is 428 g/mol. The maximum atomic E-state index is 12.3. The van der Waals surface area contributed by atoms with Crippen LogP contribution in [0, 0.1) is 0 Å². The highest BCUT2D eigenvalue weighted by molar-refractivity contribution is 9.10. The molecule has 0 heterocycles. The molecular weight excluding hydrogens is 406 g/mol. The molecular formula is C18H22BrNO4S. The first-order chi connectivity index (χ1) is 11.9. The summed E-state index contributed by atoms with van der Waals surface area (Å²) in [5.41, 5.74) is 0. The minimum absolute atomic E-state index is 0.0771. The van der Waals surface area contributed by atoms with Gasteiger partial charge < -0.3 is 14.4 Å². The molecule has 136 valence electrons. The molecule has 0 aromatic heterocycles. The molecule has 0 aliphatic rings. The lowest BCUT2D eigenvalue weighted by Gasteiger charge is -2.17. The molecule has 0 unspecified atom stereocenters. The van der Waals surface area contributed by atoms with Crippen molar-refractivity contribution in [2.75, 3.05) is 39.6 Å². The number of sulfone groups is 1. The third kappa shape index (κ3) is 6.34. The summed E-state index contributed by atoms with van der Waals surface area (Å²) >= 11 is 3.31. The van der Waals surface area contributed by atoms with Gasteiger partial charge in [-0.2, -0.15) is 0 Å². The van der Waals surface area contributed by atoms with Crippen molar-refractivity contribution in [3.8, 4) is 11.5 Å². The van der Waals surface area contributed by atoms with Gasteiger partial charge in [0.2, 0.25) is 0 Å². The van der Waals surface area contributed by atoms with Gasteiger partial charge >= 0.3 is 0 Å². The Balaban J connectivity index is 1.76. The second-order valence-corrected chi connectivity index (χ2v) is 8.62. The predicted molar refractivity (Wildman–Crippen MR) is 102 cm³/mol. The molecule has 0 N–H and O–H groups in total. The molecule has 7 heteroatoms.